The third-order valence-corrected chi connectivity index (χ3v) is 2.38. The highest BCUT2D eigenvalue weighted by atomic mass is 35.5. The molecule has 0 N–H and O–H groups in total. The van der Waals surface area contributed by atoms with Crippen LogP contribution in [0.1, 0.15) is 10.4 Å². The van der Waals surface area contributed by atoms with E-state index < -0.39 is 5.24 Å². The predicted molar refractivity (Wildman–Crippen MR) is 56.9 cm³/mol. The van der Waals surface area contributed by atoms with E-state index in [2.05, 4.69) is 4.98 Å². The number of nitrogens with zero attached hydrogens (tertiary/aromatic N) is 1. The van der Waals surface area contributed by atoms with Gasteiger partial charge in [0, 0.05) is 5.39 Å². The van der Waals surface area contributed by atoms with E-state index in [-0.39, 0.29) is 10.7 Å². The first-order valence-electron chi connectivity index (χ1n) is 3.93. The summed E-state index contributed by atoms with van der Waals surface area (Å²) < 4.78 is 0. The molecule has 0 amide bonds. The number of para-hydroxylation sites is 1. The van der Waals surface area contributed by atoms with Gasteiger partial charge < -0.3 is 0 Å². The zero-order valence-electron chi connectivity index (χ0n) is 7.00. The quantitative estimate of drug-likeness (QED) is 0.551. The summed E-state index contributed by atoms with van der Waals surface area (Å²) in [6, 6.07) is 9.03. The van der Waals surface area contributed by atoms with Gasteiger partial charge in [-0.25, -0.2) is 4.98 Å². The van der Waals surface area contributed by atoms with Crippen LogP contribution in [0.25, 0.3) is 10.9 Å². The molecule has 0 saturated heterocycles. The van der Waals surface area contributed by atoms with Crippen LogP contribution < -0.4 is 0 Å². The normalized spacial score (nSPS) is 10.4. The molecule has 70 valence electrons. The zero-order chi connectivity index (χ0) is 10.1. The van der Waals surface area contributed by atoms with Crippen molar-refractivity contribution in [3.63, 3.8) is 0 Å². The molecule has 2 rings (SSSR count). The monoisotopic (exact) mass is 225 g/mol. The molecule has 1 aromatic carbocycles. The number of carbonyl (C=O) groups is 1. The molecule has 0 fully saturated rings. The van der Waals surface area contributed by atoms with Gasteiger partial charge in [0.1, 0.15) is 5.15 Å². The summed E-state index contributed by atoms with van der Waals surface area (Å²) in [5.74, 6) is 0. The molecular weight excluding hydrogens is 221 g/mol. The molecule has 0 unspecified atom stereocenters. The second kappa shape index (κ2) is 3.56. The standard InChI is InChI=1S/C10H5Cl2NO/c11-9-7(10(12)14)5-6-3-1-2-4-8(6)13-9/h1-5H. The minimum Gasteiger partial charge on any atom is -0.275 e. The number of hydrogen-bond acceptors (Lipinski definition) is 2. The molecule has 2 aromatic rings. The number of halogens is 2. The van der Waals surface area contributed by atoms with Gasteiger partial charge in [0.25, 0.3) is 5.24 Å². The fraction of sp³-hybridized carbons (Fsp3) is 0. The van der Waals surface area contributed by atoms with Crippen molar-refractivity contribution in [2.24, 2.45) is 0 Å². The fourth-order valence-corrected chi connectivity index (χ4v) is 1.65. The third-order valence-electron chi connectivity index (χ3n) is 1.89. The lowest BCUT2D eigenvalue weighted by Crippen LogP contribution is -1.93. The zero-order valence-corrected chi connectivity index (χ0v) is 8.51. The second-order valence-corrected chi connectivity index (χ2v) is 3.49. The molecule has 0 spiro atoms. The van der Waals surface area contributed by atoms with Gasteiger partial charge in [-0.05, 0) is 23.7 Å². The summed E-state index contributed by atoms with van der Waals surface area (Å²) in [6.45, 7) is 0. The Morgan fingerprint density at radius 2 is 2.00 bits per heavy atom. The SMILES string of the molecule is O=C(Cl)c1cc2ccccc2nc1Cl. The van der Waals surface area contributed by atoms with Crippen LogP contribution in [0.3, 0.4) is 0 Å². The van der Waals surface area contributed by atoms with Gasteiger partial charge in [0.2, 0.25) is 0 Å². The van der Waals surface area contributed by atoms with Gasteiger partial charge in [-0.3, -0.25) is 4.79 Å². The summed E-state index contributed by atoms with van der Waals surface area (Å²) in [7, 11) is 0. The Kier molecular flexibility index (Phi) is 2.40. The minimum absolute atomic E-state index is 0.142. The van der Waals surface area contributed by atoms with Crippen molar-refractivity contribution >= 4 is 39.3 Å². The van der Waals surface area contributed by atoms with E-state index in [9.17, 15) is 4.79 Å². The van der Waals surface area contributed by atoms with E-state index >= 15 is 0 Å². The number of rotatable bonds is 1. The van der Waals surface area contributed by atoms with Gasteiger partial charge in [0.05, 0.1) is 11.1 Å². The Hall–Kier alpha value is -1.12. The Morgan fingerprint density at radius 1 is 1.29 bits per heavy atom. The maximum atomic E-state index is 11.0. The third kappa shape index (κ3) is 1.59. The van der Waals surface area contributed by atoms with Crippen LogP contribution in [-0.2, 0) is 0 Å². The molecule has 0 radical (unpaired) electrons. The summed E-state index contributed by atoms with van der Waals surface area (Å²) >= 11 is 11.1. The van der Waals surface area contributed by atoms with E-state index in [1.54, 1.807) is 6.07 Å². The van der Waals surface area contributed by atoms with Crippen LogP contribution in [0, 0.1) is 0 Å². The molecule has 2 nitrogen and oxygen atoms in total. The molecule has 14 heavy (non-hydrogen) atoms. The van der Waals surface area contributed by atoms with Gasteiger partial charge in [-0.2, -0.15) is 0 Å². The maximum absolute atomic E-state index is 11.0. The smallest absolute Gasteiger partial charge is 0.255 e. The van der Waals surface area contributed by atoms with E-state index in [1.807, 2.05) is 24.3 Å². The van der Waals surface area contributed by atoms with Crippen molar-refractivity contribution in [2.45, 2.75) is 0 Å². The van der Waals surface area contributed by atoms with E-state index in [0.29, 0.717) is 0 Å². The molecule has 1 aromatic heterocycles. The van der Waals surface area contributed by atoms with Gasteiger partial charge in [-0.1, -0.05) is 29.8 Å². The predicted octanol–water partition coefficient (Wildman–Crippen LogP) is 3.27. The molecule has 0 saturated carbocycles. The maximum Gasteiger partial charge on any atom is 0.255 e. The molecule has 0 aliphatic rings. The lowest BCUT2D eigenvalue weighted by Gasteiger charge is -2.00. The highest BCUT2D eigenvalue weighted by molar-refractivity contribution is 6.68. The highest BCUT2D eigenvalue weighted by Crippen LogP contribution is 2.21. The Morgan fingerprint density at radius 3 is 2.71 bits per heavy atom. The number of fused-ring (bicyclic) bond motifs is 1. The van der Waals surface area contributed by atoms with Crippen molar-refractivity contribution < 1.29 is 4.79 Å². The van der Waals surface area contributed by atoms with Crippen LogP contribution in [0.15, 0.2) is 30.3 Å². The van der Waals surface area contributed by atoms with E-state index in [0.717, 1.165) is 10.9 Å². The van der Waals surface area contributed by atoms with Crippen LogP contribution in [0.2, 0.25) is 5.15 Å². The molecule has 0 aliphatic carbocycles. The highest BCUT2D eigenvalue weighted by Gasteiger charge is 2.09. The van der Waals surface area contributed by atoms with Crippen LogP contribution in [0.4, 0.5) is 0 Å². The van der Waals surface area contributed by atoms with Crippen molar-refractivity contribution in [3.05, 3.63) is 41.0 Å². The summed E-state index contributed by atoms with van der Waals surface area (Å²) in [5.41, 5.74) is 0.992. The average molecular weight is 226 g/mol. The van der Waals surface area contributed by atoms with Crippen molar-refractivity contribution in [1.29, 1.82) is 0 Å². The number of benzene rings is 1. The first-order chi connectivity index (χ1) is 6.68. The molecule has 0 atom stereocenters. The molecule has 0 aliphatic heterocycles. The van der Waals surface area contributed by atoms with Crippen LogP contribution >= 0.6 is 23.2 Å². The summed E-state index contributed by atoms with van der Waals surface area (Å²) in [6.07, 6.45) is 0. The molecular formula is C10H5Cl2NO. The number of hydrogen-bond donors (Lipinski definition) is 0. The van der Waals surface area contributed by atoms with Gasteiger partial charge >= 0.3 is 0 Å². The van der Waals surface area contributed by atoms with Gasteiger partial charge in [0.15, 0.2) is 0 Å². The van der Waals surface area contributed by atoms with Crippen LogP contribution in [0.5, 0.6) is 0 Å². The van der Waals surface area contributed by atoms with Crippen LogP contribution in [-0.4, -0.2) is 10.2 Å². The van der Waals surface area contributed by atoms with Crippen molar-refractivity contribution in [3.8, 4) is 0 Å². The lowest BCUT2D eigenvalue weighted by atomic mass is 10.2. The molecule has 4 heteroatoms. The average Bonchev–Trinajstić information content (AvgIpc) is 2.16. The van der Waals surface area contributed by atoms with E-state index in [4.69, 9.17) is 23.2 Å². The van der Waals surface area contributed by atoms with E-state index in [1.165, 1.54) is 0 Å². The van der Waals surface area contributed by atoms with Crippen molar-refractivity contribution in [1.82, 2.24) is 4.98 Å². The number of carbonyl (C=O) groups excluding carboxylic acids is 1. The minimum atomic E-state index is -0.590. The molecule has 0 bridgehead atoms. The largest absolute Gasteiger partial charge is 0.275 e. The van der Waals surface area contributed by atoms with Crippen molar-refractivity contribution in [2.75, 3.05) is 0 Å². The fourth-order valence-electron chi connectivity index (χ4n) is 1.23. The number of pyridine rings is 1. The lowest BCUT2D eigenvalue weighted by molar-refractivity contribution is 0.108. The Labute approximate surface area is 90.5 Å². The summed E-state index contributed by atoms with van der Waals surface area (Å²) in [4.78, 5) is 15.0. The first kappa shape index (κ1) is 9.44. The second-order valence-electron chi connectivity index (χ2n) is 2.79. The molecule has 1 heterocycles. The Balaban J connectivity index is 2.77. The topological polar surface area (TPSA) is 30.0 Å². The number of aromatic nitrogens is 1. The Bertz CT molecular complexity index is 510. The first-order valence-corrected chi connectivity index (χ1v) is 4.69. The summed E-state index contributed by atoms with van der Waals surface area (Å²) in [5, 5.41) is 0.401. The van der Waals surface area contributed by atoms with Gasteiger partial charge in [-0.15, -0.1) is 0 Å².